The van der Waals surface area contributed by atoms with Gasteiger partial charge in [0.05, 0.1) is 10.1 Å². The van der Waals surface area contributed by atoms with Crippen LogP contribution in [0.3, 0.4) is 0 Å². The molecule has 10 heteroatoms. The molecule has 1 atom stereocenters. The van der Waals surface area contributed by atoms with Crippen molar-refractivity contribution in [2.75, 3.05) is 5.32 Å². The smallest absolute Gasteiger partial charge is 0.271 e. The molecule has 1 unspecified atom stereocenters. The van der Waals surface area contributed by atoms with Crippen molar-refractivity contribution in [3.05, 3.63) is 71.2 Å². The SMILES string of the molecule is O=C(Nc1nccs1)C(Oc1ccc(F)c(F)c1)c1ccc(S(=O)(=O)C2CC2)cc1. The second-order valence-electron chi connectivity index (χ2n) is 6.71. The number of thiazole rings is 1. The van der Waals surface area contributed by atoms with Crippen LogP contribution in [0, 0.1) is 11.6 Å². The van der Waals surface area contributed by atoms with Crippen LogP contribution in [-0.4, -0.2) is 24.6 Å². The van der Waals surface area contributed by atoms with Crippen LogP contribution in [0.25, 0.3) is 0 Å². The molecule has 2 aromatic carbocycles. The van der Waals surface area contributed by atoms with E-state index >= 15 is 0 Å². The molecule has 4 rings (SSSR count). The monoisotopic (exact) mass is 450 g/mol. The number of carbonyl (C=O) groups is 1. The molecule has 6 nitrogen and oxygen atoms in total. The molecule has 0 bridgehead atoms. The van der Waals surface area contributed by atoms with Crippen LogP contribution >= 0.6 is 11.3 Å². The molecule has 1 amide bonds. The Morgan fingerprint density at radius 2 is 1.87 bits per heavy atom. The maximum atomic E-state index is 13.6. The van der Waals surface area contributed by atoms with E-state index in [1.165, 1.54) is 47.9 Å². The summed E-state index contributed by atoms with van der Waals surface area (Å²) in [6.07, 6.45) is 1.56. The topological polar surface area (TPSA) is 85.4 Å². The Kier molecular flexibility index (Phi) is 5.52. The summed E-state index contributed by atoms with van der Waals surface area (Å²) in [7, 11) is -3.38. The van der Waals surface area contributed by atoms with E-state index in [9.17, 15) is 22.0 Å². The highest BCUT2D eigenvalue weighted by Gasteiger charge is 2.37. The lowest BCUT2D eigenvalue weighted by Gasteiger charge is -2.19. The van der Waals surface area contributed by atoms with Crippen molar-refractivity contribution < 1.29 is 26.7 Å². The standard InChI is InChI=1S/C20H16F2N2O4S2/c21-16-8-3-13(11-17(16)22)28-18(19(25)24-20-23-9-10-29-20)12-1-4-14(5-2-12)30(26,27)15-6-7-15/h1-5,8-11,15,18H,6-7H2,(H,23,24,25). The van der Waals surface area contributed by atoms with E-state index in [0.29, 0.717) is 23.5 Å². The van der Waals surface area contributed by atoms with Crippen molar-refractivity contribution in [1.29, 1.82) is 0 Å². The Labute approximate surface area is 175 Å². The van der Waals surface area contributed by atoms with Crippen molar-refractivity contribution in [2.45, 2.75) is 29.1 Å². The van der Waals surface area contributed by atoms with Crippen molar-refractivity contribution in [3.63, 3.8) is 0 Å². The summed E-state index contributed by atoms with van der Waals surface area (Å²) in [4.78, 5) is 17.0. The molecule has 3 aromatic rings. The molecule has 1 fully saturated rings. The van der Waals surface area contributed by atoms with Gasteiger partial charge in [-0.2, -0.15) is 0 Å². The molecule has 1 N–H and O–H groups in total. The Hall–Kier alpha value is -2.85. The van der Waals surface area contributed by atoms with Gasteiger partial charge in [-0.15, -0.1) is 11.3 Å². The van der Waals surface area contributed by atoms with Gasteiger partial charge in [0, 0.05) is 23.2 Å². The van der Waals surface area contributed by atoms with Crippen molar-refractivity contribution in [1.82, 2.24) is 4.98 Å². The second kappa shape index (κ2) is 8.11. The maximum Gasteiger partial charge on any atom is 0.271 e. The molecule has 156 valence electrons. The van der Waals surface area contributed by atoms with Gasteiger partial charge in [0.1, 0.15) is 5.75 Å². The van der Waals surface area contributed by atoms with Gasteiger partial charge in [-0.05, 0) is 37.1 Å². The van der Waals surface area contributed by atoms with Gasteiger partial charge in [0.2, 0.25) is 6.10 Å². The van der Waals surface area contributed by atoms with Crippen LogP contribution in [0.5, 0.6) is 5.75 Å². The van der Waals surface area contributed by atoms with Gasteiger partial charge in [-0.1, -0.05) is 12.1 Å². The highest BCUT2D eigenvalue weighted by atomic mass is 32.2. The largest absolute Gasteiger partial charge is 0.476 e. The van der Waals surface area contributed by atoms with Gasteiger partial charge in [-0.25, -0.2) is 22.2 Å². The first kappa shape index (κ1) is 20.4. The van der Waals surface area contributed by atoms with Gasteiger partial charge < -0.3 is 4.74 Å². The molecule has 1 aliphatic carbocycles. The summed E-state index contributed by atoms with van der Waals surface area (Å²) in [5, 5.41) is 4.26. The third kappa shape index (κ3) is 4.34. The number of nitrogens with one attached hydrogen (secondary N) is 1. The number of carbonyl (C=O) groups excluding carboxylic acids is 1. The minimum absolute atomic E-state index is 0.0529. The Morgan fingerprint density at radius 1 is 1.13 bits per heavy atom. The summed E-state index contributed by atoms with van der Waals surface area (Å²) in [5.41, 5.74) is 0.350. The molecule has 30 heavy (non-hydrogen) atoms. The Morgan fingerprint density at radius 3 is 2.47 bits per heavy atom. The molecule has 0 saturated heterocycles. The van der Waals surface area contributed by atoms with Crippen molar-refractivity contribution >= 4 is 32.2 Å². The molecular formula is C20H16F2N2O4S2. The predicted octanol–water partition coefficient (Wildman–Crippen LogP) is 4.12. The molecule has 1 aromatic heterocycles. The van der Waals surface area contributed by atoms with E-state index in [-0.39, 0.29) is 15.9 Å². The first-order chi connectivity index (χ1) is 14.3. The fourth-order valence-corrected chi connectivity index (χ4v) is 5.01. The Balaban J connectivity index is 1.63. The van der Waals surface area contributed by atoms with Gasteiger partial charge >= 0.3 is 0 Å². The molecule has 1 aliphatic rings. The summed E-state index contributed by atoms with van der Waals surface area (Å²) >= 11 is 1.20. The fraction of sp³-hybridized carbons (Fsp3) is 0.200. The number of hydrogen-bond donors (Lipinski definition) is 1. The molecule has 1 saturated carbocycles. The van der Waals surface area contributed by atoms with Gasteiger partial charge in [-0.3, -0.25) is 10.1 Å². The summed E-state index contributed by atoms with van der Waals surface area (Å²) in [6, 6.07) is 8.72. The number of benzene rings is 2. The van der Waals surface area contributed by atoms with Crippen LogP contribution in [0.15, 0.2) is 58.9 Å². The lowest BCUT2D eigenvalue weighted by molar-refractivity contribution is -0.123. The molecule has 0 spiro atoms. The first-order valence-corrected chi connectivity index (χ1v) is 11.4. The first-order valence-electron chi connectivity index (χ1n) is 9.00. The number of halogens is 2. The van der Waals surface area contributed by atoms with Crippen molar-refractivity contribution in [2.24, 2.45) is 0 Å². The van der Waals surface area contributed by atoms with E-state index in [4.69, 9.17) is 4.74 Å². The quantitative estimate of drug-likeness (QED) is 0.585. The zero-order valence-electron chi connectivity index (χ0n) is 15.4. The Bertz CT molecular complexity index is 1160. The van der Waals surface area contributed by atoms with Crippen LogP contribution < -0.4 is 10.1 Å². The van der Waals surface area contributed by atoms with Gasteiger partial charge in [0.25, 0.3) is 5.91 Å². The van der Waals surface area contributed by atoms with Crippen LogP contribution in [0.1, 0.15) is 24.5 Å². The number of sulfone groups is 1. The average Bonchev–Trinajstić information content (AvgIpc) is 3.48. The third-order valence-corrected chi connectivity index (χ3v) is 7.49. The van der Waals surface area contributed by atoms with Crippen molar-refractivity contribution in [3.8, 4) is 5.75 Å². The minimum atomic E-state index is -3.38. The number of hydrogen-bond acceptors (Lipinski definition) is 6. The number of nitrogens with zero attached hydrogens (tertiary/aromatic N) is 1. The average molecular weight is 450 g/mol. The van der Waals surface area contributed by atoms with E-state index in [0.717, 1.165) is 12.1 Å². The zero-order chi connectivity index (χ0) is 21.3. The lowest BCUT2D eigenvalue weighted by atomic mass is 10.1. The third-order valence-electron chi connectivity index (χ3n) is 4.52. The van der Waals surface area contributed by atoms with Crippen LogP contribution in [-0.2, 0) is 14.6 Å². The summed E-state index contributed by atoms with van der Waals surface area (Å²) in [5.74, 6) is -2.80. The molecular weight excluding hydrogens is 434 g/mol. The molecule has 0 aliphatic heterocycles. The van der Waals surface area contributed by atoms with E-state index in [1.807, 2.05) is 0 Å². The number of anilines is 1. The zero-order valence-corrected chi connectivity index (χ0v) is 17.1. The summed E-state index contributed by atoms with van der Waals surface area (Å²) in [6.45, 7) is 0. The second-order valence-corrected chi connectivity index (χ2v) is 9.84. The fourth-order valence-electron chi connectivity index (χ4n) is 2.82. The van der Waals surface area contributed by atoms with Gasteiger partial charge in [0.15, 0.2) is 26.6 Å². The highest BCUT2D eigenvalue weighted by molar-refractivity contribution is 7.92. The molecule has 0 radical (unpaired) electrons. The normalized spacial score (nSPS) is 14.9. The highest BCUT2D eigenvalue weighted by Crippen LogP contribution is 2.34. The number of aromatic nitrogens is 1. The maximum absolute atomic E-state index is 13.6. The number of amides is 1. The van der Waals surface area contributed by atoms with Crippen LogP contribution in [0.2, 0.25) is 0 Å². The summed E-state index contributed by atoms with van der Waals surface area (Å²) < 4.78 is 57.2. The van der Waals surface area contributed by atoms with Crippen LogP contribution in [0.4, 0.5) is 13.9 Å². The molecule has 1 heterocycles. The van der Waals surface area contributed by atoms with E-state index in [2.05, 4.69) is 10.3 Å². The van der Waals surface area contributed by atoms with E-state index in [1.54, 1.807) is 5.38 Å². The number of rotatable bonds is 7. The lowest BCUT2D eigenvalue weighted by Crippen LogP contribution is -2.25. The number of ether oxygens (including phenoxy) is 1. The van der Waals surface area contributed by atoms with E-state index < -0.39 is 33.5 Å². The predicted molar refractivity (Wildman–Crippen MR) is 107 cm³/mol. The minimum Gasteiger partial charge on any atom is -0.476 e.